The summed E-state index contributed by atoms with van der Waals surface area (Å²) in [6, 6.07) is 11.3. The maximum atomic E-state index is 6.90. The van der Waals surface area contributed by atoms with E-state index in [1.165, 1.54) is 44.3 Å². The average Bonchev–Trinajstić information content (AvgIpc) is 2.71. The van der Waals surface area contributed by atoms with Crippen molar-refractivity contribution in [3.63, 3.8) is 0 Å². The van der Waals surface area contributed by atoms with Gasteiger partial charge in [0.2, 0.25) is 0 Å². The molecule has 0 N–H and O–H groups in total. The van der Waals surface area contributed by atoms with Crippen LogP contribution in [-0.2, 0) is 19.9 Å². The Hall–Kier alpha value is -2.94. The topological polar surface area (TPSA) is 26.0 Å². The van der Waals surface area contributed by atoms with E-state index in [0.717, 1.165) is 35.2 Å². The minimum Gasteiger partial charge on any atom is -0.455 e. The highest BCUT2D eigenvalue weighted by atomic mass is 16.5. The van der Waals surface area contributed by atoms with Crippen molar-refractivity contribution < 1.29 is 9.30 Å². The Balaban J connectivity index is 1.90. The number of benzene rings is 3. The molecule has 0 radical (unpaired) electrons. The molecule has 0 saturated carbocycles. The van der Waals surface area contributed by atoms with Gasteiger partial charge < -0.3 is 4.74 Å². The molecular formula is C31H37N2O+. The zero-order chi connectivity index (χ0) is 24.6. The first-order valence-electron chi connectivity index (χ1n) is 12.4. The van der Waals surface area contributed by atoms with Gasteiger partial charge in [0.05, 0.1) is 12.6 Å². The summed E-state index contributed by atoms with van der Waals surface area (Å²) in [5.74, 6) is 1.95. The minimum absolute atomic E-state index is 0.133. The molecule has 5 rings (SSSR count). The molecule has 1 aliphatic heterocycles. The van der Waals surface area contributed by atoms with Crippen molar-refractivity contribution >= 4 is 21.7 Å². The summed E-state index contributed by atoms with van der Waals surface area (Å²) >= 11 is 0. The predicted molar refractivity (Wildman–Crippen MR) is 142 cm³/mol. The molecule has 0 saturated heterocycles. The summed E-state index contributed by atoms with van der Waals surface area (Å²) in [5, 5.41) is 3.74. The van der Waals surface area contributed by atoms with E-state index in [-0.39, 0.29) is 10.8 Å². The number of fused-ring (bicyclic) bond motifs is 3. The number of aromatic nitrogens is 2. The molecule has 0 spiro atoms. The molecule has 0 aliphatic carbocycles. The zero-order valence-corrected chi connectivity index (χ0v) is 22.2. The van der Waals surface area contributed by atoms with Crippen LogP contribution in [0.4, 0.5) is 0 Å². The molecule has 0 atom stereocenters. The lowest BCUT2D eigenvalue weighted by Gasteiger charge is -2.29. The van der Waals surface area contributed by atoms with Crippen LogP contribution >= 0.6 is 0 Å². The molecule has 4 aromatic rings. The van der Waals surface area contributed by atoms with Gasteiger partial charge in [-0.2, -0.15) is 0 Å². The van der Waals surface area contributed by atoms with E-state index in [9.17, 15) is 0 Å². The highest BCUT2D eigenvalue weighted by Crippen LogP contribution is 2.51. The van der Waals surface area contributed by atoms with Gasteiger partial charge in [0.15, 0.2) is 11.2 Å². The SMILES string of the molecule is Cc1ccc2c(CC(C)(C)C)c3c(c(C)c2c1)-c1c2c(cc(CC(C)(C)C)cc2nc[n+]1C)O3. The van der Waals surface area contributed by atoms with Gasteiger partial charge in [-0.05, 0) is 76.5 Å². The summed E-state index contributed by atoms with van der Waals surface area (Å²) in [6.45, 7) is 18.2. The van der Waals surface area contributed by atoms with Crippen LogP contribution in [0.2, 0.25) is 0 Å². The van der Waals surface area contributed by atoms with Gasteiger partial charge in [0.25, 0.3) is 6.33 Å². The lowest BCUT2D eigenvalue weighted by Crippen LogP contribution is -2.33. The van der Waals surface area contributed by atoms with Crippen LogP contribution in [0, 0.1) is 24.7 Å². The van der Waals surface area contributed by atoms with Crippen LogP contribution in [0.15, 0.2) is 36.7 Å². The fourth-order valence-electron chi connectivity index (χ4n) is 5.50. The first-order valence-corrected chi connectivity index (χ1v) is 12.4. The number of ether oxygens (including phenoxy) is 1. The highest BCUT2D eigenvalue weighted by Gasteiger charge is 2.33. The third-order valence-electron chi connectivity index (χ3n) is 6.77. The summed E-state index contributed by atoms with van der Waals surface area (Å²) < 4.78 is 9.08. The molecule has 0 fully saturated rings. The Labute approximate surface area is 203 Å². The highest BCUT2D eigenvalue weighted by molar-refractivity contribution is 6.06. The van der Waals surface area contributed by atoms with Crippen molar-refractivity contribution in [2.75, 3.05) is 0 Å². The van der Waals surface area contributed by atoms with E-state index in [1.54, 1.807) is 0 Å². The number of hydrogen-bond acceptors (Lipinski definition) is 2. The van der Waals surface area contributed by atoms with E-state index in [2.05, 4.69) is 97.3 Å². The first kappa shape index (κ1) is 22.8. The number of aryl methyl sites for hydroxylation is 3. The van der Waals surface area contributed by atoms with Crippen LogP contribution in [0.3, 0.4) is 0 Å². The minimum atomic E-state index is 0.133. The van der Waals surface area contributed by atoms with Gasteiger partial charge in [-0.3, -0.25) is 0 Å². The average molecular weight is 454 g/mol. The Kier molecular flexibility index (Phi) is 5.06. The number of rotatable bonds is 2. The second-order valence-corrected chi connectivity index (χ2v) is 12.6. The monoisotopic (exact) mass is 453 g/mol. The van der Waals surface area contributed by atoms with Gasteiger partial charge in [0.1, 0.15) is 16.9 Å². The lowest BCUT2D eigenvalue weighted by molar-refractivity contribution is -0.662. The van der Waals surface area contributed by atoms with Gasteiger partial charge in [-0.15, -0.1) is 0 Å². The molecule has 1 aliphatic rings. The van der Waals surface area contributed by atoms with Crippen molar-refractivity contribution in [3.8, 4) is 22.8 Å². The number of hydrogen-bond donors (Lipinski definition) is 0. The second kappa shape index (κ2) is 7.53. The van der Waals surface area contributed by atoms with Crippen molar-refractivity contribution in [2.45, 2.75) is 68.2 Å². The van der Waals surface area contributed by atoms with E-state index < -0.39 is 0 Å². The molecule has 0 bridgehead atoms. The van der Waals surface area contributed by atoms with Crippen LogP contribution < -0.4 is 9.30 Å². The third kappa shape index (κ3) is 3.85. The molecular weight excluding hydrogens is 416 g/mol. The third-order valence-corrected chi connectivity index (χ3v) is 6.77. The van der Waals surface area contributed by atoms with Crippen LogP contribution in [0.25, 0.3) is 32.9 Å². The van der Waals surface area contributed by atoms with E-state index >= 15 is 0 Å². The van der Waals surface area contributed by atoms with Crippen LogP contribution in [-0.4, -0.2) is 4.98 Å². The molecule has 3 aromatic carbocycles. The Morgan fingerprint density at radius 3 is 2.26 bits per heavy atom. The second-order valence-electron chi connectivity index (χ2n) is 12.6. The fraction of sp³-hybridized carbons (Fsp3) is 0.419. The normalized spacial score (nSPS) is 13.3. The van der Waals surface area contributed by atoms with E-state index in [0.29, 0.717) is 0 Å². The predicted octanol–water partition coefficient (Wildman–Crippen LogP) is 7.78. The summed E-state index contributed by atoms with van der Waals surface area (Å²) in [7, 11) is 2.10. The van der Waals surface area contributed by atoms with E-state index in [1.807, 2.05) is 6.33 Å². The molecule has 0 unspecified atom stereocenters. The zero-order valence-electron chi connectivity index (χ0n) is 22.2. The van der Waals surface area contributed by atoms with Crippen molar-refractivity contribution in [1.82, 2.24) is 4.98 Å². The van der Waals surface area contributed by atoms with E-state index in [4.69, 9.17) is 9.72 Å². The number of nitrogens with zero attached hydrogens (tertiary/aromatic N) is 2. The maximum Gasteiger partial charge on any atom is 0.287 e. The summed E-state index contributed by atoms with van der Waals surface area (Å²) in [5.41, 5.74) is 8.89. The van der Waals surface area contributed by atoms with Gasteiger partial charge >= 0.3 is 0 Å². The summed E-state index contributed by atoms with van der Waals surface area (Å²) in [6.07, 6.45) is 3.89. The van der Waals surface area contributed by atoms with Crippen molar-refractivity contribution in [2.24, 2.45) is 17.9 Å². The standard InChI is InChI=1S/C31H37N2O/c1-18-10-11-21-22(12-18)19(2)26-28-27-24(32-17-33(28)9)13-20(15-30(3,4)5)14-25(27)34-29(26)23(21)16-31(6,7)8/h10-14,17H,15-16H2,1-9H3/q+1. The first-order chi connectivity index (χ1) is 15.8. The maximum absolute atomic E-state index is 6.90. The molecule has 2 heterocycles. The Morgan fingerprint density at radius 2 is 1.59 bits per heavy atom. The summed E-state index contributed by atoms with van der Waals surface area (Å²) in [4.78, 5) is 4.82. The van der Waals surface area contributed by atoms with Crippen LogP contribution in [0.5, 0.6) is 11.5 Å². The fourth-order valence-corrected chi connectivity index (χ4v) is 5.50. The quantitative estimate of drug-likeness (QED) is 0.255. The van der Waals surface area contributed by atoms with Crippen molar-refractivity contribution in [1.29, 1.82) is 0 Å². The van der Waals surface area contributed by atoms with Gasteiger partial charge in [0, 0.05) is 5.56 Å². The van der Waals surface area contributed by atoms with Gasteiger partial charge in [-0.1, -0.05) is 65.3 Å². The lowest BCUT2D eigenvalue weighted by atomic mass is 9.81. The molecule has 3 nitrogen and oxygen atoms in total. The smallest absolute Gasteiger partial charge is 0.287 e. The largest absolute Gasteiger partial charge is 0.455 e. The molecule has 3 heteroatoms. The Bertz CT molecular complexity index is 1470. The molecule has 0 amide bonds. The Morgan fingerprint density at radius 1 is 0.882 bits per heavy atom. The molecule has 1 aromatic heterocycles. The van der Waals surface area contributed by atoms with Crippen LogP contribution in [0.1, 0.15) is 63.8 Å². The van der Waals surface area contributed by atoms with Gasteiger partial charge in [-0.25, -0.2) is 4.57 Å². The van der Waals surface area contributed by atoms with Crippen molar-refractivity contribution in [3.05, 3.63) is 58.9 Å². The molecule has 34 heavy (non-hydrogen) atoms. The molecule has 176 valence electrons.